The van der Waals surface area contributed by atoms with E-state index in [1.165, 1.54) is 4.70 Å². The van der Waals surface area contributed by atoms with Crippen molar-refractivity contribution >= 4 is 27.4 Å². The Bertz CT molecular complexity index is 714. The third-order valence-electron chi connectivity index (χ3n) is 3.03. The SMILES string of the molecule is Cc1nc2cc(-c3ccc(N(C)C)nc3)ccc2s1. The van der Waals surface area contributed by atoms with Gasteiger partial charge in [0.1, 0.15) is 5.82 Å². The maximum absolute atomic E-state index is 4.53. The minimum Gasteiger partial charge on any atom is -0.363 e. The lowest BCUT2D eigenvalue weighted by atomic mass is 10.1. The summed E-state index contributed by atoms with van der Waals surface area (Å²) in [4.78, 5) is 11.0. The molecule has 4 heteroatoms. The topological polar surface area (TPSA) is 29.0 Å². The standard InChI is InChI=1S/C15H15N3S/c1-10-17-13-8-11(4-6-14(13)19-10)12-5-7-15(16-9-12)18(2)3/h4-9H,1-3H3. The molecule has 96 valence electrons. The summed E-state index contributed by atoms with van der Waals surface area (Å²) >= 11 is 1.73. The minimum absolute atomic E-state index is 0.967. The summed E-state index contributed by atoms with van der Waals surface area (Å²) in [6.07, 6.45) is 1.91. The van der Waals surface area contributed by atoms with Crippen LogP contribution >= 0.6 is 11.3 Å². The molecule has 0 spiro atoms. The molecule has 3 aromatic rings. The van der Waals surface area contributed by atoms with Crippen molar-refractivity contribution in [3.8, 4) is 11.1 Å². The minimum atomic E-state index is 0.967. The second-order valence-electron chi connectivity index (χ2n) is 4.71. The number of benzene rings is 1. The highest BCUT2D eigenvalue weighted by Crippen LogP contribution is 2.27. The lowest BCUT2D eigenvalue weighted by Gasteiger charge is -2.11. The molecule has 2 aromatic heterocycles. The Hall–Kier alpha value is -1.94. The van der Waals surface area contributed by atoms with Crippen molar-refractivity contribution in [2.75, 3.05) is 19.0 Å². The van der Waals surface area contributed by atoms with Crippen LogP contribution in [0.5, 0.6) is 0 Å². The van der Waals surface area contributed by atoms with E-state index in [-0.39, 0.29) is 0 Å². The predicted octanol–water partition coefficient (Wildman–Crippen LogP) is 3.73. The van der Waals surface area contributed by atoms with Crippen molar-refractivity contribution in [3.63, 3.8) is 0 Å². The molecule has 2 heterocycles. The molecule has 1 aromatic carbocycles. The first kappa shape index (κ1) is 12.1. The molecule has 0 saturated heterocycles. The fraction of sp³-hybridized carbons (Fsp3) is 0.200. The molecule has 0 amide bonds. The highest BCUT2D eigenvalue weighted by molar-refractivity contribution is 7.18. The summed E-state index contributed by atoms with van der Waals surface area (Å²) < 4.78 is 1.24. The molecule has 3 rings (SSSR count). The average Bonchev–Trinajstić information content (AvgIpc) is 2.77. The van der Waals surface area contributed by atoms with E-state index in [1.54, 1.807) is 11.3 Å². The van der Waals surface area contributed by atoms with Crippen molar-refractivity contribution in [3.05, 3.63) is 41.5 Å². The van der Waals surface area contributed by atoms with Gasteiger partial charge in [-0.1, -0.05) is 6.07 Å². The fourth-order valence-electron chi connectivity index (χ4n) is 2.04. The summed E-state index contributed by atoms with van der Waals surface area (Å²) in [6, 6.07) is 10.5. The number of nitrogens with zero attached hydrogens (tertiary/aromatic N) is 3. The van der Waals surface area contributed by atoms with Crippen molar-refractivity contribution in [2.45, 2.75) is 6.92 Å². The number of aryl methyl sites for hydroxylation is 1. The Morgan fingerprint density at radius 3 is 2.53 bits per heavy atom. The Labute approximate surface area is 116 Å². The lowest BCUT2D eigenvalue weighted by Crippen LogP contribution is -2.09. The number of thiazole rings is 1. The first-order valence-electron chi connectivity index (χ1n) is 6.14. The maximum Gasteiger partial charge on any atom is 0.127 e. The molecule has 0 radical (unpaired) electrons. The van der Waals surface area contributed by atoms with Crippen LogP contribution in [0.2, 0.25) is 0 Å². The van der Waals surface area contributed by atoms with Gasteiger partial charge in [-0.05, 0) is 36.8 Å². The first-order valence-corrected chi connectivity index (χ1v) is 6.96. The van der Waals surface area contributed by atoms with Crippen LogP contribution in [0.25, 0.3) is 21.3 Å². The summed E-state index contributed by atoms with van der Waals surface area (Å²) in [5.41, 5.74) is 3.35. The van der Waals surface area contributed by atoms with Gasteiger partial charge in [0.15, 0.2) is 0 Å². The molecule has 19 heavy (non-hydrogen) atoms. The smallest absolute Gasteiger partial charge is 0.127 e. The number of fused-ring (bicyclic) bond motifs is 1. The van der Waals surface area contributed by atoms with E-state index in [0.717, 1.165) is 27.5 Å². The number of hydrogen-bond donors (Lipinski definition) is 0. The zero-order valence-corrected chi connectivity index (χ0v) is 12.0. The molecule has 0 atom stereocenters. The van der Waals surface area contributed by atoms with Crippen LogP contribution in [-0.2, 0) is 0 Å². The van der Waals surface area contributed by atoms with Crippen LogP contribution in [0.4, 0.5) is 5.82 Å². The summed E-state index contributed by atoms with van der Waals surface area (Å²) in [7, 11) is 3.98. The van der Waals surface area contributed by atoms with Crippen LogP contribution < -0.4 is 4.90 Å². The van der Waals surface area contributed by atoms with Crippen molar-refractivity contribution < 1.29 is 0 Å². The molecule has 3 nitrogen and oxygen atoms in total. The van der Waals surface area contributed by atoms with Gasteiger partial charge in [-0.15, -0.1) is 11.3 Å². The number of pyridine rings is 1. The van der Waals surface area contributed by atoms with Crippen LogP contribution in [0.1, 0.15) is 5.01 Å². The predicted molar refractivity (Wildman–Crippen MR) is 81.9 cm³/mol. The quantitative estimate of drug-likeness (QED) is 0.709. The second-order valence-corrected chi connectivity index (χ2v) is 5.95. The van der Waals surface area contributed by atoms with Gasteiger partial charge >= 0.3 is 0 Å². The van der Waals surface area contributed by atoms with Gasteiger partial charge in [0, 0.05) is 25.9 Å². The van der Waals surface area contributed by atoms with Gasteiger partial charge in [0.2, 0.25) is 0 Å². The molecule has 0 N–H and O–H groups in total. The van der Waals surface area contributed by atoms with E-state index in [2.05, 4.69) is 34.2 Å². The molecule has 0 aliphatic carbocycles. The zero-order valence-electron chi connectivity index (χ0n) is 11.2. The molecule has 0 fully saturated rings. The zero-order chi connectivity index (χ0) is 13.4. The van der Waals surface area contributed by atoms with Gasteiger partial charge in [-0.3, -0.25) is 0 Å². The van der Waals surface area contributed by atoms with E-state index >= 15 is 0 Å². The molecule has 0 aliphatic heterocycles. The van der Waals surface area contributed by atoms with Gasteiger partial charge in [0.25, 0.3) is 0 Å². The largest absolute Gasteiger partial charge is 0.363 e. The molecule has 0 aliphatic rings. The Morgan fingerprint density at radius 2 is 1.84 bits per heavy atom. The van der Waals surface area contributed by atoms with E-state index in [9.17, 15) is 0 Å². The Kier molecular flexibility index (Phi) is 2.95. The van der Waals surface area contributed by atoms with Crippen LogP contribution in [-0.4, -0.2) is 24.1 Å². The second kappa shape index (κ2) is 4.63. The fourth-order valence-corrected chi connectivity index (χ4v) is 2.85. The monoisotopic (exact) mass is 269 g/mol. The van der Waals surface area contributed by atoms with Crippen LogP contribution in [0.3, 0.4) is 0 Å². The van der Waals surface area contributed by atoms with Gasteiger partial charge in [-0.2, -0.15) is 0 Å². The molecule has 0 saturated carbocycles. The molecule has 0 bridgehead atoms. The number of aromatic nitrogens is 2. The molecule has 0 unspecified atom stereocenters. The summed E-state index contributed by atoms with van der Waals surface area (Å²) in [5.74, 6) is 0.967. The summed E-state index contributed by atoms with van der Waals surface area (Å²) in [5, 5.41) is 1.10. The van der Waals surface area contributed by atoms with E-state index < -0.39 is 0 Å². The van der Waals surface area contributed by atoms with E-state index in [0.29, 0.717) is 0 Å². The van der Waals surface area contributed by atoms with Crippen LogP contribution in [0, 0.1) is 6.92 Å². The number of rotatable bonds is 2. The Morgan fingerprint density at radius 1 is 1.05 bits per heavy atom. The third kappa shape index (κ3) is 2.31. The summed E-state index contributed by atoms with van der Waals surface area (Å²) in [6.45, 7) is 2.04. The maximum atomic E-state index is 4.53. The Balaban J connectivity index is 2.03. The third-order valence-corrected chi connectivity index (χ3v) is 3.99. The van der Waals surface area contributed by atoms with Crippen LogP contribution in [0.15, 0.2) is 36.5 Å². The number of anilines is 1. The van der Waals surface area contributed by atoms with Crippen molar-refractivity contribution in [2.24, 2.45) is 0 Å². The van der Waals surface area contributed by atoms with Crippen molar-refractivity contribution in [1.29, 1.82) is 0 Å². The normalized spacial score (nSPS) is 10.9. The average molecular weight is 269 g/mol. The van der Waals surface area contributed by atoms with E-state index in [4.69, 9.17) is 0 Å². The number of hydrogen-bond acceptors (Lipinski definition) is 4. The lowest BCUT2D eigenvalue weighted by molar-refractivity contribution is 1.07. The first-order chi connectivity index (χ1) is 9.13. The highest BCUT2D eigenvalue weighted by atomic mass is 32.1. The molecular formula is C15H15N3S. The van der Waals surface area contributed by atoms with Gasteiger partial charge in [-0.25, -0.2) is 9.97 Å². The molecular weight excluding hydrogens is 254 g/mol. The van der Waals surface area contributed by atoms with Gasteiger partial charge in [0.05, 0.1) is 15.2 Å². The highest BCUT2D eigenvalue weighted by Gasteiger charge is 2.04. The van der Waals surface area contributed by atoms with Gasteiger partial charge < -0.3 is 4.90 Å². The van der Waals surface area contributed by atoms with E-state index in [1.807, 2.05) is 38.2 Å². The van der Waals surface area contributed by atoms with Crippen molar-refractivity contribution in [1.82, 2.24) is 9.97 Å².